The van der Waals surface area contributed by atoms with Gasteiger partial charge < -0.3 is 19.4 Å². The summed E-state index contributed by atoms with van der Waals surface area (Å²) in [6.07, 6.45) is 3.56. The number of aromatic nitrogens is 1. The second-order valence-corrected chi connectivity index (χ2v) is 9.21. The first kappa shape index (κ1) is 21.5. The van der Waals surface area contributed by atoms with Crippen molar-refractivity contribution in [3.8, 4) is 16.2 Å². The Morgan fingerprint density at radius 1 is 1.39 bits per heavy atom. The van der Waals surface area contributed by atoms with E-state index in [1.165, 1.54) is 0 Å². The fourth-order valence-corrected chi connectivity index (χ4v) is 5.64. The van der Waals surface area contributed by atoms with E-state index in [0.29, 0.717) is 29.7 Å². The Kier molecular flexibility index (Phi) is 5.57. The molecule has 0 saturated heterocycles. The summed E-state index contributed by atoms with van der Waals surface area (Å²) in [5.74, 6) is -0.0110. The Labute approximate surface area is 193 Å². The van der Waals surface area contributed by atoms with E-state index in [1.807, 2.05) is 10.6 Å². The number of methoxy groups -OCH3 is 1. The summed E-state index contributed by atoms with van der Waals surface area (Å²) in [4.78, 5) is 30.7. The molecule has 0 bridgehead atoms. The average molecular weight is 466 g/mol. The van der Waals surface area contributed by atoms with E-state index in [9.17, 15) is 9.59 Å². The second-order valence-electron chi connectivity index (χ2n) is 8.13. The fraction of sp³-hybridized carbons (Fsp3) is 0.391. The third-order valence-electron chi connectivity index (χ3n) is 6.04. The molecule has 0 spiro atoms. The summed E-state index contributed by atoms with van der Waals surface area (Å²) in [5, 5.41) is 7.65. The predicted molar refractivity (Wildman–Crippen MR) is 126 cm³/mol. The highest BCUT2D eigenvalue weighted by atomic mass is 32.1. The van der Waals surface area contributed by atoms with Crippen LogP contribution in [0.1, 0.15) is 52.6 Å². The molecule has 1 atom stereocenters. The number of esters is 1. The number of ether oxygens (including phenoxy) is 2. The molecule has 3 aromatic rings. The van der Waals surface area contributed by atoms with Crippen LogP contribution in [0.3, 0.4) is 0 Å². The van der Waals surface area contributed by atoms with Gasteiger partial charge in [-0.25, -0.2) is 4.79 Å². The second kappa shape index (κ2) is 8.55. The lowest BCUT2D eigenvalue weighted by Gasteiger charge is -2.18. The molecule has 1 aromatic carbocycles. The van der Waals surface area contributed by atoms with Crippen LogP contribution in [0.5, 0.6) is 5.75 Å². The maximum Gasteiger partial charge on any atom is 0.343 e. The van der Waals surface area contributed by atoms with Gasteiger partial charge in [0.2, 0.25) is 5.43 Å². The number of rotatable bonds is 6. The van der Waals surface area contributed by atoms with Crippen molar-refractivity contribution in [2.24, 2.45) is 5.11 Å². The standard InChI is InChI=1S/C23H23N5O4S/c1-3-32-23(30)16-11-28(13-4-5-13)19-15(20(16)29)7-6-14(21(19)31-2)18-8-12-9-25-10-17(26-27-24)22(12)33-18/h6-8,11,13,17,25H,3-5,9-10H2,1-2H3. The largest absolute Gasteiger partial charge is 0.494 e. The first-order valence-electron chi connectivity index (χ1n) is 10.9. The predicted octanol–water partition coefficient (Wildman–Crippen LogP) is 4.70. The van der Waals surface area contributed by atoms with Crippen LogP contribution in [-0.2, 0) is 11.3 Å². The fourth-order valence-electron chi connectivity index (χ4n) is 4.40. The number of carbonyl (C=O) groups excluding carboxylic acids is 1. The maximum absolute atomic E-state index is 13.2. The molecule has 2 aliphatic rings. The lowest BCUT2D eigenvalue weighted by atomic mass is 10.0. The van der Waals surface area contributed by atoms with Crippen molar-refractivity contribution in [1.29, 1.82) is 0 Å². The topological polar surface area (TPSA) is 118 Å². The number of hydrogen-bond donors (Lipinski definition) is 1. The van der Waals surface area contributed by atoms with Crippen molar-refractivity contribution in [1.82, 2.24) is 9.88 Å². The number of benzene rings is 1. The third kappa shape index (κ3) is 3.66. The number of carbonyl (C=O) groups is 1. The van der Waals surface area contributed by atoms with Gasteiger partial charge in [-0.3, -0.25) is 4.79 Å². The number of azide groups is 1. The van der Waals surface area contributed by atoms with Gasteiger partial charge >= 0.3 is 5.97 Å². The van der Waals surface area contributed by atoms with Crippen molar-refractivity contribution < 1.29 is 14.3 Å². The minimum Gasteiger partial charge on any atom is -0.494 e. The Bertz CT molecular complexity index is 1370. The summed E-state index contributed by atoms with van der Waals surface area (Å²) >= 11 is 1.58. The van der Waals surface area contributed by atoms with Gasteiger partial charge in [-0.1, -0.05) is 5.11 Å². The maximum atomic E-state index is 13.2. The van der Waals surface area contributed by atoms with Gasteiger partial charge in [0.15, 0.2) is 5.75 Å². The van der Waals surface area contributed by atoms with Gasteiger partial charge in [0.1, 0.15) is 5.56 Å². The molecule has 1 unspecified atom stereocenters. The molecule has 33 heavy (non-hydrogen) atoms. The first-order valence-corrected chi connectivity index (χ1v) is 11.7. The van der Waals surface area contributed by atoms with Gasteiger partial charge in [0.25, 0.3) is 0 Å². The van der Waals surface area contributed by atoms with Crippen LogP contribution in [0, 0.1) is 0 Å². The van der Waals surface area contributed by atoms with Crippen LogP contribution < -0.4 is 15.5 Å². The van der Waals surface area contributed by atoms with Gasteiger partial charge in [0.05, 0.1) is 30.7 Å². The Morgan fingerprint density at radius 3 is 2.91 bits per heavy atom. The number of nitrogens with one attached hydrogen (secondary N) is 1. The van der Waals surface area contributed by atoms with E-state index in [0.717, 1.165) is 33.7 Å². The number of thiophene rings is 1. The summed E-state index contributed by atoms with van der Waals surface area (Å²) in [6.45, 7) is 3.23. The van der Waals surface area contributed by atoms with Crippen molar-refractivity contribution in [3.63, 3.8) is 0 Å². The monoisotopic (exact) mass is 465 g/mol. The molecule has 1 aliphatic heterocycles. The number of pyridine rings is 1. The molecule has 0 amide bonds. The van der Waals surface area contributed by atoms with Crippen LogP contribution >= 0.6 is 11.3 Å². The summed E-state index contributed by atoms with van der Waals surface area (Å²) < 4.78 is 13.0. The number of nitrogens with zero attached hydrogens (tertiary/aromatic N) is 4. The quantitative estimate of drug-likeness (QED) is 0.245. The zero-order valence-electron chi connectivity index (χ0n) is 18.3. The van der Waals surface area contributed by atoms with Gasteiger partial charge in [-0.05, 0) is 49.1 Å². The zero-order valence-corrected chi connectivity index (χ0v) is 19.1. The van der Waals surface area contributed by atoms with Crippen molar-refractivity contribution >= 4 is 28.2 Å². The highest BCUT2D eigenvalue weighted by molar-refractivity contribution is 7.15. The normalized spacial score (nSPS) is 17.3. The molecule has 2 aromatic heterocycles. The Morgan fingerprint density at radius 2 is 2.21 bits per heavy atom. The van der Waals surface area contributed by atoms with E-state index in [1.54, 1.807) is 37.6 Å². The highest BCUT2D eigenvalue weighted by Crippen LogP contribution is 2.46. The lowest BCUT2D eigenvalue weighted by molar-refractivity contribution is 0.0524. The van der Waals surface area contributed by atoms with E-state index >= 15 is 0 Å². The molecule has 170 valence electrons. The van der Waals surface area contributed by atoms with E-state index in [4.69, 9.17) is 15.0 Å². The molecule has 1 saturated carbocycles. The summed E-state index contributed by atoms with van der Waals surface area (Å²) in [7, 11) is 1.59. The average Bonchev–Trinajstić information content (AvgIpc) is 3.56. The summed E-state index contributed by atoms with van der Waals surface area (Å²) in [6, 6.07) is 5.67. The van der Waals surface area contributed by atoms with Crippen molar-refractivity contribution in [3.05, 3.63) is 61.1 Å². The lowest BCUT2D eigenvalue weighted by Crippen LogP contribution is -2.25. The molecule has 3 heterocycles. The number of hydrogen-bond acceptors (Lipinski definition) is 7. The smallest absolute Gasteiger partial charge is 0.343 e. The number of fused-ring (bicyclic) bond motifs is 2. The Hall–Kier alpha value is -3.33. The van der Waals surface area contributed by atoms with Gasteiger partial charge in [-0.2, -0.15) is 0 Å². The molecule has 1 N–H and O–H groups in total. The SMILES string of the molecule is CCOC(=O)c1cn(C2CC2)c2c(OC)c(-c3cc4c(s3)C(N=[N+]=[N-])CNC4)ccc2c1=O. The molecule has 10 heteroatoms. The molecular formula is C23H23N5O4S. The minimum atomic E-state index is -0.607. The van der Waals surface area contributed by atoms with Crippen LogP contribution in [0.2, 0.25) is 0 Å². The first-order chi connectivity index (χ1) is 16.1. The highest BCUT2D eigenvalue weighted by Gasteiger charge is 2.30. The third-order valence-corrected chi connectivity index (χ3v) is 7.35. The van der Waals surface area contributed by atoms with Gasteiger partial charge in [-0.15, -0.1) is 11.3 Å². The van der Waals surface area contributed by atoms with Crippen molar-refractivity contribution in [2.45, 2.75) is 38.4 Å². The van der Waals surface area contributed by atoms with Crippen LogP contribution in [0.15, 0.2) is 34.3 Å². The molecule has 5 rings (SSSR count). The van der Waals surface area contributed by atoms with Crippen molar-refractivity contribution in [2.75, 3.05) is 20.3 Å². The van der Waals surface area contributed by atoms with E-state index in [2.05, 4.69) is 21.4 Å². The van der Waals surface area contributed by atoms with E-state index < -0.39 is 5.97 Å². The van der Waals surface area contributed by atoms with Crippen LogP contribution in [-0.4, -0.2) is 30.8 Å². The molecular weight excluding hydrogens is 442 g/mol. The molecule has 0 radical (unpaired) electrons. The molecule has 9 nitrogen and oxygen atoms in total. The zero-order chi connectivity index (χ0) is 23.1. The Balaban J connectivity index is 1.72. The van der Waals surface area contributed by atoms with Crippen LogP contribution in [0.25, 0.3) is 31.8 Å². The minimum absolute atomic E-state index is 0.0425. The van der Waals surface area contributed by atoms with Gasteiger partial charge in [0, 0.05) is 45.6 Å². The molecule has 1 aliphatic carbocycles. The van der Waals surface area contributed by atoms with E-state index in [-0.39, 0.29) is 29.7 Å². The molecule has 1 fully saturated rings. The van der Waals surface area contributed by atoms with Crippen LogP contribution in [0.4, 0.5) is 0 Å². The summed E-state index contributed by atoms with van der Waals surface area (Å²) in [5.41, 5.74) is 11.3.